The van der Waals surface area contributed by atoms with Crippen molar-refractivity contribution in [3.8, 4) is 5.75 Å². The number of carbonyl (C=O) groups excluding carboxylic acids is 7. The molecule has 147 heavy (non-hydrogen) atoms. The van der Waals surface area contributed by atoms with E-state index in [9.17, 15) is 103 Å². The van der Waals surface area contributed by atoms with Crippen molar-refractivity contribution < 1.29 is 116 Å². The maximum absolute atomic E-state index is 14.7. The summed E-state index contributed by atoms with van der Waals surface area (Å²) in [7, 11) is -33.2. The minimum atomic E-state index is -5.64. The molecular formula is C103H187ClN14O23S6. The number of hydrogen-bond acceptors (Lipinski definition) is 24. The Labute approximate surface area is 889 Å². The molecule has 3 unspecified atom stereocenters. The highest BCUT2D eigenvalue weighted by Crippen LogP contribution is 2.45. The zero-order chi connectivity index (χ0) is 110. The molecule has 850 valence electrons. The van der Waals surface area contributed by atoms with Crippen LogP contribution in [0.3, 0.4) is 0 Å². The average molecular weight is 2220 g/mol. The Morgan fingerprint density at radius 1 is 0.299 bits per heavy atom. The third-order valence-electron chi connectivity index (χ3n) is 24.5. The number of nitrogens with one attached hydrogen (secondary N) is 11. The van der Waals surface area contributed by atoms with Crippen LogP contribution in [0.2, 0.25) is 0 Å². The lowest BCUT2D eigenvalue weighted by Crippen LogP contribution is -2.51. The highest BCUT2D eigenvalue weighted by atomic mass is 35.5. The van der Waals surface area contributed by atoms with Crippen LogP contribution in [0.4, 0.5) is 0 Å². The zero-order valence-electron chi connectivity index (χ0n) is 89.7. The Bertz CT molecular complexity index is 5050. The Morgan fingerprint density at radius 3 is 0.660 bits per heavy atom. The van der Waals surface area contributed by atoms with Crippen LogP contribution in [0.15, 0.2) is 99.7 Å². The van der Waals surface area contributed by atoms with Crippen molar-refractivity contribution in [2.75, 3.05) is 148 Å². The van der Waals surface area contributed by atoms with Gasteiger partial charge in [-0.15, -0.1) is 0 Å². The topological polar surface area (TPSA) is 546 Å². The first-order valence-electron chi connectivity index (χ1n) is 51.9. The standard InChI is InChI=1S/C46H61N9O22S6.3C16H36N.C7H13ClN2O.2CH4/c1-25(2)41(57)47-14-7-17-50-44(60)32(22-78(63,64)65)53-81(72,73)36-20-35(56)28-10-11-30-37(82(74,75)54-33(23-79(66,67)68)45(61)51-18-8-15-48-42(58)26(3)4)21-38(31-13-12-29(36)39(28)40(30)31)83(76,77)55-34(24-80(69,70)71)46(62)52-19-9-16-49-43(59)27(5)6;3*1-5-9-13-17(14-10-6-2,15-11-7-3)16-12-8-4;1-6(2)7(11)9-4-3-5-10-8;;/h10-13,20-21,32-34,53-56H,1,3,5,7-9,14-19,22-24H2,2,4,6H3,(H,47,57)(H,48,58)(H,49,59)(H,50,60)(H,51,61)(H,52,62)(H,63,64,65)(H,66,67,68)(H,69,70,71);3*5-16H2,1-4H3;10H,1,3-5H2,2H3,(H,9,11);2*1H4/q;3*+1;;;/p-3. The number of amides is 7. The molecule has 37 nitrogen and oxygen atoms in total. The molecule has 0 aliphatic carbocycles. The smallest absolute Gasteiger partial charge is 0.246 e. The molecule has 3 atom stereocenters. The largest absolute Gasteiger partial charge is 0.748 e. The summed E-state index contributed by atoms with van der Waals surface area (Å²) in [5.41, 5.74) is 0.916. The SMILES string of the molecule is C.C.C=C(C)C(=O)NCCCNC(=O)C(CS(=O)(=O)[O-])NS(=O)(=O)c1cc(O)c2ccc3c(S(=O)(=O)NC(CS(=O)(=O)[O-])C(=O)NCCCNC(=O)C(=C)C)cc(S(=O)(=O)NC(CS(=O)(=O)[O-])C(=O)NCCCNC(=O)C(=C)C)c4ccc1c2c34.C=C(C)C(=O)NCCCNCl.CCCC[N+](CCCC)(CCCC)CCCC.CCCC[N+](CCCC)(CCCC)CCCC.CCCC[N+](CCCC)(CCCC)CCCC. The van der Waals surface area contributed by atoms with Gasteiger partial charge in [0.05, 0.1) is 141 Å². The number of quaternary nitrogens is 3. The van der Waals surface area contributed by atoms with Gasteiger partial charge in [0.2, 0.25) is 71.4 Å². The fraction of sp³-hybridized carbons (Fsp3) is 0.699. The molecule has 4 aromatic carbocycles. The molecular weight excluding hydrogens is 2030 g/mol. The van der Waals surface area contributed by atoms with Crippen molar-refractivity contribution in [3.05, 3.63) is 85.0 Å². The van der Waals surface area contributed by atoms with E-state index >= 15 is 0 Å². The summed E-state index contributed by atoms with van der Waals surface area (Å²) >= 11 is 5.20. The van der Waals surface area contributed by atoms with Gasteiger partial charge >= 0.3 is 0 Å². The second-order valence-corrected chi connectivity index (χ2v) is 47.5. The van der Waals surface area contributed by atoms with E-state index < -0.39 is 184 Å². The zero-order valence-corrected chi connectivity index (χ0v) is 95.3. The molecule has 0 aliphatic rings. The summed E-state index contributed by atoms with van der Waals surface area (Å²) in [5, 5.41) is 24.7. The summed E-state index contributed by atoms with van der Waals surface area (Å²) in [6.45, 7) is 64.8. The quantitative estimate of drug-likeness (QED) is 0.00488. The molecule has 0 aliphatic heterocycles. The first-order valence-corrected chi connectivity index (χ1v) is 61.4. The van der Waals surface area contributed by atoms with Crippen LogP contribution in [0.5, 0.6) is 5.75 Å². The molecule has 4 rings (SSSR count). The van der Waals surface area contributed by atoms with Crippen molar-refractivity contribution in [2.45, 2.75) is 338 Å². The Morgan fingerprint density at radius 2 is 0.476 bits per heavy atom. The molecule has 0 bridgehead atoms. The number of carbonyl (C=O) groups is 7. The van der Waals surface area contributed by atoms with Crippen molar-refractivity contribution in [3.63, 3.8) is 0 Å². The van der Waals surface area contributed by atoms with Crippen LogP contribution in [0, 0.1) is 0 Å². The first kappa shape index (κ1) is 144. The molecule has 0 saturated heterocycles. The Hall–Kier alpha value is -7.44. The molecule has 7 amide bonds. The number of benzene rings is 4. The fourth-order valence-corrected chi connectivity index (χ4v) is 22.9. The van der Waals surface area contributed by atoms with Gasteiger partial charge in [-0.25, -0.2) is 55.3 Å². The number of nitrogens with zero attached hydrogens (tertiary/aromatic N) is 3. The third kappa shape index (κ3) is 57.2. The molecule has 0 radical (unpaired) electrons. The van der Waals surface area contributed by atoms with Gasteiger partial charge in [-0.05, 0) is 154 Å². The molecule has 0 aromatic heterocycles. The predicted octanol–water partition coefficient (Wildman–Crippen LogP) is 13.6. The predicted molar refractivity (Wildman–Crippen MR) is 592 cm³/mol. The lowest BCUT2D eigenvalue weighted by molar-refractivity contribution is -0.929. The van der Waals surface area contributed by atoms with Gasteiger partial charge in [0.1, 0.15) is 23.9 Å². The van der Waals surface area contributed by atoms with Crippen LogP contribution in [0.25, 0.3) is 32.3 Å². The number of rotatable bonds is 74. The maximum atomic E-state index is 14.7. The lowest BCUT2D eigenvalue weighted by atomic mass is 9.94. The van der Waals surface area contributed by atoms with Gasteiger partial charge < -0.3 is 69.4 Å². The Kier molecular flexibility index (Phi) is 73.6. The molecule has 0 spiro atoms. The van der Waals surface area contributed by atoms with Crippen molar-refractivity contribution >= 4 is 146 Å². The highest BCUT2D eigenvalue weighted by molar-refractivity contribution is 7.91. The number of unbranched alkanes of at least 4 members (excludes halogenated alkanes) is 12. The molecule has 0 heterocycles. The van der Waals surface area contributed by atoms with E-state index in [1.165, 1.54) is 267 Å². The average Bonchev–Trinajstić information content (AvgIpc) is 0.701. The number of halogens is 1. The second-order valence-electron chi connectivity index (χ2n) is 37.8. The van der Waals surface area contributed by atoms with Crippen LogP contribution < -0.4 is 56.2 Å². The van der Waals surface area contributed by atoms with Gasteiger partial charge in [-0.1, -0.05) is 220 Å². The Balaban J connectivity index is -0.00000257. The first-order chi connectivity index (χ1) is 68.1. The molecule has 0 saturated carbocycles. The number of phenols is 1. The van der Waals surface area contributed by atoms with E-state index in [2.05, 4.69) is 151 Å². The summed E-state index contributed by atoms with van der Waals surface area (Å²) in [4.78, 5) is 85.7. The molecule has 4 aromatic rings. The van der Waals surface area contributed by atoms with Crippen LogP contribution in [-0.2, 0) is 94.0 Å². The highest BCUT2D eigenvalue weighted by Gasteiger charge is 2.38. The minimum absolute atomic E-state index is 0. The third-order valence-corrected chi connectivity index (χ3v) is 31.5. The van der Waals surface area contributed by atoms with Gasteiger partial charge in [-0.2, -0.15) is 14.2 Å². The normalized spacial score (nSPS) is 12.5. The van der Waals surface area contributed by atoms with Crippen molar-refractivity contribution in [1.82, 2.24) is 56.2 Å². The number of aromatic hydroxyl groups is 1. The van der Waals surface area contributed by atoms with Crippen LogP contribution in [0.1, 0.15) is 305 Å². The van der Waals surface area contributed by atoms with E-state index in [-0.39, 0.29) is 96.0 Å². The number of phenolic OH excluding ortho intramolecular Hbond substituents is 1. The number of hydrogen-bond donors (Lipinski definition) is 12. The molecule has 12 N–H and O–H groups in total. The monoisotopic (exact) mass is 2220 g/mol. The van der Waals surface area contributed by atoms with Gasteiger partial charge in [0.25, 0.3) is 0 Å². The molecule has 44 heteroatoms. The van der Waals surface area contributed by atoms with E-state index in [1.54, 1.807) is 21.1 Å². The summed E-state index contributed by atoms with van der Waals surface area (Å²) in [5.74, 6) is -12.3. The summed E-state index contributed by atoms with van der Waals surface area (Å²) in [6.07, 6.45) is 33.9. The van der Waals surface area contributed by atoms with E-state index in [0.717, 1.165) is 30.7 Å². The van der Waals surface area contributed by atoms with Crippen LogP contribution >= 0.6 is 11.8 Å². The summed E-state index contributed by atoms with van der Waals surface area (Å²) < 4.78 is 206. The fourth-order valence-electron chi connectivity index (χ4n) is 16.2. The van der Waals surface area contributed by atoms with Gasteiger partial charge in [-0.3, -0.25) is 33.6 Å². The lowest BCUT2D eigenvalue weighted by Gasteiger charge is -2.39. The van der Waals surface area contributed by atoms with Crippen molar-refractivity contribution in [2.24, 2.45) is 0 Å². The van der Waals surface area contributed by atoms with Crippen LogP contribution in [-0.4, -0.2) is 290 Å². The second kappa shape index (κ2) is 75.3. The number of sulfonamides is 3. The van der Waals surface area contributed by atoms with Crippen molar-refractivity contribution in [1.29, 1.82) is 0 Å². The summed E-state index contributed by atoms with van der Waals surface area (Å²) in [6, 6.07) is -2.88. The maximum Gasteiger partial charge on any atom is 0.246 e. The van der Waals surface area contributed by atoms with E-state index in [1.807, 2.05) is 0 Å². The minimum Gasteiger partial charge on any atom is -0.748 e. The van der Waals surface area contributed by atoms with Gasteiger partial charge in [0, 0.05) is 113 Å². The van der Waals surface area contributed by atoms with E-state index in [0.29, 0.717) is 30.8 Å². The van der Waals surface area contributed by atoms with E-state index in [4.69, 9.17) is 11.8 Å². The molecule has 0 fully saturated rings. The van der Waals surface area contributed by atoms with Gasteiger partial charge in [0.15, 0.2) is 0 Å².